The Labute approximate surface area is 157 Å². The van der Waals surface area contributed by atoms with Crippen molar-refractivity contribution in [3.05, 3.63) is 77.6 Å². The number of nitrogens with one attached hydrogen (secondary N) is 1. The summed E-state index contributed by atoms with van der Waals surface area (Å²) in [6.45, 7) is 1.69. The largest absolute Gasteiger partial charge is 0.497 e. The average Bonchev–Trinajstić information content (AvgIpc) is 3.05. The fourth-order valence-electron chi connectivity index (χ4n) is 2.88. The molecule has 6 nitrogen and oxygen atoms in total. The minimum atomic E-state index is -3.90. The lowest BCUT2D eigenvalue weighted by atomic mass is 10.1. The van der Waals surface area contributed by atoms with Crippen molar-refractivity contribution in [1.29, 1.82) is 0 Å². The number of hydrogen-bond donors (Lipinski definition) is 1. The predicted molar refractivity (Wildman–Crippen MR) is 99.5 cm³/mol. The van der Waals surface area contributed by atoms with Crippen LogP contribution in [0.2, 0.25) is 0 Å². The number of rotatable bonds is 6. The fourth-order valence-corrected chi connectivity index (χ4v) is 4.29. The molecule has 0 amide bonds. The number of ether oxygens (including phenoxy) is 1. The van der Waals surface area contributed by atoms with Crippen LogP contribution in [0.3, 0.4) is 0 Å². The summed E-state index contributed by atoms with van der Waals surface area (Å²) in [5, 5.41) is 0. The van der Waals surface area contributed by atoms with Crippen LogP contribution in [0.5, 0.6) is 5.75 Å². The Balaban J connectivity index is 2.05. The summed E-state index contributed by atoms with van der Waals surface area (Å²) in [6, 6.07) is 9.67. The Kier molecular flexibility index (Phi) is 5.29. The molecule has 142 valence electrons. The maximum absolute atomic E-state index is 13.8. The van der Waals surface area contributed by atoms with Crippen molar-refractivity contribution < 1.29 is 17.5 Å². The van der Waals surface area contributed by atoms with E-state index >= 15 is 0 Å². The van der Waals surface area contributed by atoms with Crippen molar-refractivity contribution >= 4 is 10.0 Å². The zero-order valence-electron chi connectivity index (χ0n) is 15.2. The molecule has 0 spiro atoms. The highest BCUT2D eigenvalue weighted by molar-refractivity contribution is 7.89. The number of sulfonamides is 1. The van der Waals surface area contributed by atoms with E-state index in [0.29, 0.717) is 22.7 Å². The lowest BCUT2D eigenvalue weighted by Crippen LogP contribution is -2.31. The quantitative estimate of drug-likeness (QED) is 0.704. The molecular formula is C19H20FN3O3S. The van der Waals surface area contributed by atoms with Crippen molar-refractivity contribution in [3.63, 3.8) is 0 Å². The number of halogens is 1. The van der Waals surface area contributed by atoms with Gasteiger partial charge in [0.05, 0.1) is 12.0 Å². The van der Waals surface area contributed by atoms with Crippen LogP contribution in [0.25, 0.3) is 0 Å². The summed E-state index contributed by atoms with van der Waals surface area (Å²) in [5.41, 5.74) is 0.999. The van der Waals surface area contributed by atoms with E-state index in [1.54, 1.807) is 49.1 Å². The molecule has 8 heteroatoms. The van der Waals surface area contributed by atoms with E-state index in [1.165, 1.54) is 31.4 Å². The third-order valence-corrected chi connectivity index (χ3v) is 5.83. The first-order valence-corrected chi connectivity index (χ1v) is 9.70. The average molecular weight is 389 g/mol. The number of aromatic nitrogens is 2. The monoisotopic (exact) mass is 389 g/mol. The molecule has 1 atom stereocenters. The lowest BCUT2D eigenvalue weighted by molar-refractivity contribution is 0.414. The van der Waals surface area contributed by atoms with Gasteiger partial charge in [0.25, 0.3) is 0 Å². The topological polar surface area (TPSA) is 73.2 Å². The summed E-state index contributed by atoms with van der Waals surface area (Å²) in [4.78, 5) is 4.37. The van der Waals surface area contributed by atoms with Crippen LogP contribution in [-0.2, 0) is 17.1 Å². The van der Waals surface area contributed by atoms with Crippen LogP contribution in [0.15, 0.2) is 59.8 Å². The molecule has 0 saturated heterocycles. The van der Waals surface area contributed by atoms with Gasteiger partial charge in [0.2, 0.25) is 10.0 Å². The second-order valence-corrected chi connectivity index (χ2v) is 7.82. The minimum absolute atomic E-state index is 0.124. The van der Waals surface area contributed by atoms with Crippen molar-refractivity contribution in [1.82, 2.24) is 14.3 Å². The van der Waals surface area contributed by atoms with Crippen molar-refractivity contribution in [2.75, 3.05) is 7.11 Å². The molecular weight excluding hydrogens is 369 g/mol. The van der Waals surface area contributed by atoms with Crippen LogP contribution in [0.1, 0.15) is 23.0 Å². The molecule has 0 aliphatic carbocycles. The van der Waals surface area contributed by atoms with E-state index in [0.717, 1.165) is 0 Å². The summed E-state index contributed by atoms with van der Waals surface area (Å²) in [5.74, 6) is 0.569. The van der Waals surface area contributed by atoms with Gasteiger partial charge in [-0.2, -0.15) is 4.72 Å². The molecule has 2 aromatic carbocycles. The maximum atomic E-state index is 13.8. The highest BCUT2D eigenvalue weighted by Crippen LogP contribution is 2.26. The Morgan fingerprint density at radius 3 is 2.59 bits per heavy atom. The highest BCUT2D eigenvalue weighted by Gasteiger charge is 2.27. The molecule has 3 rings (SSSR count). The number of aryl methyl sites for hydroxylation is 2. The summed E-state index contributed by atoms with van der Waals surface area (Å²) < 4.78 is 49.3. The van der Waals surface area contributed by atoms with E-state index in [-0.39, 0.29) is 4.90 Å². The maximum Gasteiger partial charge on any atom is 0.241 e. The molecule has 27 heavy (non-hydrogen) atoms. The van der Waals surface area contributed by atoms with E-state index in [1.807, 2.05) is 0 Å². The normalized spacial score (nSPS) is 12.7. The van der Waals surface area contributed by atoms with Crippen molar-refractivity contribution in [3.8, 4) is 5.75 Å². The number of benzene rings is 2. The lowest BCUT2D eigenvalue weighted by Gasteiger charge is -2.20. The van der Waals surface area contributed by atoms with Crippen LogP contribution in [-0.4, -0.2) is 25.1 Å². The van der Waals surface area contributed by atoms with Gasteiger partial charge in [-0.1, -0.05) is 12.1 Å². The van der Waals surface area contributed by atoms with E-state index in [9.17, 15) is 12.8 Å². The zero-order valence-corrected chi connectivity index (χ0v) is 16.0. The highest BCUT2D eigenvalue weighted by atomic mass is 32.2. The summed E-state index contributed by atoms with van der Waals surface area (Å²) in [6.07, 6.45) is 3.27. The fraction of sp³-hybridized carbons (Fsp3) is 0.211. The number of nitrogens with zero attached hydrogens (tertiary/aromatic N) is 2. The van der Waals surface area contributed by atoms with Crippen molar-refractivity contribution in [2.24, 2.45) is 7.05 Å². The number of methoxy groups -OCH3 is 1. The third-order valence-electron chi connectivity index (χ3n) is 4.24. The van der Waals surface area contributed by atoms with Crippen LogP contribution in [0, 0.1) is 12.7 Å². The molecule has 0 bridgehead atoms. The Morgan fingerprint density at radius 2 is 2.00 bits per heavy atom. The van der Waals surface area contributed by atoms with E-state index < -0.39 is 21.9 Å². The van der Waals surface area contributed by atoms with Gasteiger partial charge in [0, 0.05) is 19.4 Å². The Hall–Kier alpha value is -2.71. The Morgan fingerprint density at radius 1 is 1.22 bits per heavy atom. The summed E-state index contributed by atoms with van der Waals surface area (Å²) >= 11 is 0. The van der Waals surface area contributed by atoms with Gasteiger partial charge in [-0.05, 0) is 48.4 Å². The van der Waals surface area contributed by atoms with Gasteiger partial charge >= 0.3 is 0 Å². The van der Waals surface area contributed by atoms with Gasteiger partial charge in [0.1, 0.15) is 23.4 Å². The second-order valence-electron chi connectivity index (χ2n) is 6.14. The van der Waals surface area contributed by atoms with Crippen LogP contribution in [0.4, 0.5) is 4.39 Å². The zero-order chi connectivity index (χ0) is 19.6. The van der Waals surface area contributed by atoms with Crippen LogP contribution >= 0.6 is 0 Å². The minimum Gasteiger partial charge on any atom is -0.497 e. The number of imidazole rings is 1. The van der Waals surface area contributed by atoms with Gasteiger partial charge in [-0.3, -0.25) is 0 Å². The number of hydrogen-bond acceptors (Lipinski definition) is 4. The SMILES string of the molecule is COc1ccc(S(=O)(=O)NC(c2cccc(F)c2)c2nccn2C)c(C)c1. The molecule has 0 aliphatic rings. The molecule has 0 radical (unpaired) electrons. The summed E-state index contributed by atoms with van der Waals surface area (Å²) in [7, 11) is -0.633. The molecule has 1 heterocycles. The molecule has 0 saturated carbocycles. The van der Waals surface area contributed by atoms with E-state index in [4.69, 9.17) is 4.74 Å². The predicted octanol–water partition coefficient (Wildman–Crippen LogP) is 2.94. The van der Waals surface area contributed by atoms with Gasteiger partial charge in [0.15, 0.2) is 0 Å². The first kappa shape index (κ1) is 19.1. The van der Waals surface area contributed by atoms with Gasteiger partial charge in [-0.15, -0.1) is 0 Å². The Bertz CT molecular complexity index is 1060. The second kappa shape index (κ2) is 7.50. The van der Waals surface area contributed by atoms with Gasteiger partial charge in [-0.25, -0.2) is 17.8 Å². The molecule has 0 fully saturated rings. The smallest absolute Gasteiger partial charge is 0.241 e. The molecule has 1 aromatic heterocycles. The first-order chi connectivity index (χ1) is 12.8. The molecule has 0 aliphatic heterocycles. The molecule has 1 N–H and O–H groups in total. The third kappa shape index (κ3) is 4.01. The van der Waals surface area contributed by atoms with E-state index in [2.05, 4.69) is 9.71 Å². The standard InChI is InChI=1S/C19H20FN3O3S/c1-13-11-16(26-3)7-8-17(13)27(24,25)22-18(19-21-9-10-23(19)2)14-5-4-6-15(20)12-14/h4-12,18,22H,1-3H3. The molecule has 3 aromatic rings. The molecule has 1 unspecified atom stereocenters. The van der Waals surface area contributed by atoms with Crippen LogP contribution < -0.4 is 9.46 Å². The van der Waals surface area contributed by atoms with Gasteiger partial charge < -0.3 is 9.30 Å². The van der Waals surface area contributed by atoms with Crippen molar-refractivity contribution in [2.45, 2.75) is 17.9 Å². The first-order valence-electron chi connectivity index (χ1n) is 8.21.